The molecule has 0 spiro atoms. The zero-order valence-electron chi connectivity index (χ0n) is 10.6. The van der Waals surface area contributed by atoms with Crippen LogP contribution in [-0.4, -0.2) is 23.4 Å². The highest BCUT2D eigenvalue weighted by Gasteiger charge is 1.79. The average molecular weight is 238 g/mol. The van der Waals surface area contributed by atoms with E-state index >= 15 is 0 Å². The second kappa shape index (κ2) is 14.4. The topological polar surface area (TPSA) is 49.7 Å². The minimum absolute atomic E-state index is 0.125. The first-order valence-corrected chi connectivity index (χ1v) is 5.24. The molecule has 1 aromatic rings. The van der Waals surface area contributed by atoms with E-state index in [9.17, 15) is 0 Å². The van der Waals surface area contributed by atoms with Gasteiger partial charge in [-0.2, -0.15) is 0 Å². The summed E-state index contributed by atoms with van der Waals surface area (Å²) in [6.45, 7) is 10.5. The Morgan fingerprint density at radius 3 is 1.35 bits per heavy atom. The van der Waals surface area contributed by atoms with Gasteiger partial charge in [-0.05, 0) is 13.8 Å². The third kappa shape index (κ3) is 17.1. The van der Waals surface area contributed by atoms with Crippen LogP contribution < -0.4 is 0 Å². The minimum Gasteiger partial charge on any atom is -0.474 e. The number of benzene rings is 1. The lowest BCUT2D eigenvalue weighted by Crippen LogP contribution is -1.85. The smallest absolute Gasteiger partial charge is 0.0829 e. The van der Waals surface area contributed by atoms with E-state index in [1.165, 1.54) is 23.7 Å². The van der Waals surface area contributed by atoms with Gasteiger partial charge in [0.05, 0.1) is 25.7 Å². The fourth-order valence-corrected chi connectivity index (χ4v) is 0.705. The first kappa shape index (κ1) is 17.8. The molecule has 0 radical (unpaired) electrons. The van der Waals surface area contributed by atoms with Gasteiger partial charge in [-0.15, -0.1) is 0 Å². The highest BCUT2D eigenvalue weighted by molar-refractivity contribution is 5.19. The molecule has 0 aliphatic rings. The van der Waals surface area contributed by atoms with Gasteiger partial charge in [0, 0.05) is 0 Å². The van der Waals surface area contributed by atoms with Crippen LogP contribution in [0, 0.1) is 13.8 Å². The van der Waals surface area contributed by atoms with E-state index in [1.54, 1.807) is 0 Å². The van der Waals surface area contributed by atoms with Gasteiger partial charge in [0.1, 0.15) is 0 Å². The van der Waals surface area contributed by atoms with E-state index in [0.29, 0.717) is 0 Å². The van der Waals surface area contributed by atoms with Crippen molar-refractivity contribution in [2.75, 3.05) is 13.2 Å². The van der Waals surface area contributed by atoms with Crippen LogP contribution in [-0.2, 0) is 4.74 Å². The van der Waals surface area contributed by atoms with Gasteiger partial charge in [0.2, 0.25) is 0 Å². The molecule has 0 amide bonds. The van der Waals surface area contributed by atoms with E-state index in [4.69, 9.17) is 10.2 Å². The normalized spacial score (nSPS) is 7.76. The number of rotatable bonds is 3. The van der Waals surface area contributed by atoms with Gasteiger partial charge in [-0.1, -0.05) is 48.6 Å². The van der Waals surface area contributed by atoms with Crippen molar-refractivity contribution in [1.29, 1.82) is 0 Å². The fraction of sp³-hybridized carbons (Fsp3) is 0.286. The molecule has 0 fully saturated rings. The van der Waals surface area contributed by atoms with E-state index in [-0.39, 0.29) is 13.2 Å². The average Bonchev–Trinajstić information content (AvgIpc) is 2.35. The van der Waals surface area contributed by atoms with Gasteiger partial charge >= 0.3 is 0 Å². The maximum Gasteiger partial charge on any atom is 0.0829 e. The SMILES string of the molecule is C=COC=C.Cc1ccc(C)cc1.OCCO. The molecule has 17 heavy (non-hydrogen) atoms. The molecular formula is C14H22O3. The second-order valence-electron chi connectivity index (χ2n) is 3.07. The molecule has 2 N–H and O–H groups in total. The van der Waals surface area contributed by atoms with E-state index in [0.717, 1.165) is 0 Å². The largest absolute Gasteiger partial charge is 0.474 e. The van der Waals surface area contributed by atoms with Gasteiger partial charge < -0.3 is 14.9 Å². The summed E-state index contributed by atoms with van der Waals surface area (Å²) in [5.41, 5.74) is 2.66. The molecule has 3 nitrogen and oxygen atoms in total. The quantitative estimate of drug-likeness (QED) is 0.796. The maximum atomic E-state index is 7.62. The van der Waals surface area contributed by atoms with Gasteiger partial charge in [-0.3, -0.25) is 0 Å². The zero-order valence-corrected chi connectivity index (χ0v) is 10.6. The van der Waals surface area contributed by atoms with Crippen LogP contribution in [0.1, 0.15) is 11.1 Å². The summed E-state index contributed by atoms with van der Waals surface area (Å²) >= 11 is 0. The summed E-state index contributed by atoms with van der Waals surface area (Å²) in [4.78, 5) is 0. The van der Waals surface area contributed by atoms with Gasteiger partial charge in [0.15, 0.2) is 0 Å². The van der Waals surface area contributed by atoms with Crippen molar-refractivity contribution in [2.45, 2.75) is 13.8 Å². The molecule has 0 unspecified atom stereocenters. The molecule has 96 valence electrons. The zero-order chi connectivity index (χ0) is 13.5. The van der Waals surface area contributed by atoms with Gasteiger partial charge in [-0.25, -0.2) is 0 Å². The second-order valence-corrected chi connectivity index (χ2v) is 3.07. The first-order chi connectivity index (χ1) is 8.12. The minimum atomic E-state index is -0.125. The Bertz CT molecular complexity index is 249. The molecule has 1 rings (SSSR count). The molecule has 0 aromatic heterocycles. The number of aryl methyl sites for hydroxylation is 2. The summed E-state index contributed by atoms with van der Waals surface area (Å²) in [7, 11) is 0. The molecular weight excluding hydrogens is 216 g/mol. The third-order valence-corrected chi connectivity index (χ3v) is 1.51. The molecule has 0 saturated carbocycles. The first-order valence-electron chi connectivity index (χ1n) is 5.24. The van der Waals surface area contributed by atoms with Crippen LogP contribution in [0.5, 0.6) is 0 Å². The Hall–Kier alpha value is -1.58. The number of aliphatic hydroxyl groups excluding tert-OH is 2. The summed E-state index contributed by atoms with van der Waals surface area (Å²) < 4.78 is 4.36. The van der Waals surface area contributed by atoms with E-state index < -0.39 is 0 Å². The van der Waals surface area contributed by atoms with E-state index in [1.807, 2.05) is 0 Å². The Morgan fingerprint density at radius 1 is 0.941 bits per heavy atom. The summed E-state index contributed by atoms with van der Waals surface area (Å²) in [6, 6.07) is 8.48. The third-order valence-electron chi connectivity index (χ3n) is 1.51. The monoisotopic (exact) mass is 238 g/mol. The van der Waals surface area contributed by atoms with E-state index in [2.05, 4.69) is 56.0 Å². The number of ether oxygens (including phenoxy) is 1. The lowest BCUT2D eigenvalue weighted by atomic mass is 10.2. The van der Waals surface area contributed by atoms with Crippen molar-refractivity contribution in [2.24, 2.45) is 0 Å². The maximum absolute atomic E-state index is 7.62. The molecule has 0 heterocycles. The predicted octanol–water partition coefficient (Wildman–Crippen LogP) is 2.56. The molecule has 0 bridgehead atoms. The fourth-order valence-electron chi connectivity index (χ4n) is 0.705. The van der Waals surface area contributed by atoms with Gasteiger partial charge in [0.25, 0.3) is 0 Å². The van der Waals surface area contributed by atoms with Crippen molar-refractivity contribution < 1.29 is 14.9 Å². The summed E-state index contributed by atoms with van der Waals surface area (Å²) in [5.74, 6) is 0. The number of hydrogen-bond acceptors (Lipinski definition) is 3. The van der Waals surface area contributed by atoms with Crippen molar-refractivity contribution >= 4 is 0 Å². The van der Waals surface area contributed by atoms with Crippen molar-refractivity contribution in [3.05, 3.63) is 61.1 Å². The lowest BCUT2D eigenvalue weighted by molar-refractivity contribution is 0.186. The Balaban J connectivity index is 0. The summed E-state index contributed by atoms with van der Waals surface area (Å²) in [6.07, 6.45) is 2.62. The van der Waals surface area contributed by atoms with Crippen LogP contribution in [0.25, 0.3) is 0 Å². The highest BCUT2D eigenvalue weighted by atomic mass is 16.5. The highest BCUT2D eigenvalue weighted by Crippen LogP contribution is 1.99. The van der Waals surface area contributed by atoms with Crippen LogP contribution in [0.15, 0.2) is 49.9 Å². The van der Waals surface area contributed by atoms with Crippen LogP contribution in [0.3, 0.4) is 0 Å². The van der Waals surface area contributed by atoms with Crippen LogP contribution >= 0.6 is 0 Å². The lowest BCUT2D eigenvalue weighted by Gasteiger charge is -1.90. The Labute approximate surface area is 104 Å². The van der Waals surface area contributed by atoms with Crippen molar-refractivity contribution in [1.82, 2.24) is 0 Å². The Kier molecular flexibility index (Phi) is 15.1. The standard InChI is InChI=1S/C8H10.C4H6O.C2H6O2/c1-7-3-5-8(2)6-4-7;1-3-5-4-2;3-1-2-4/h3-6H,1-2H3;3-4H,1-2H2;3-4H,1-2H2. The van der Waals surface area contributed by atoms with Crippen molar-refractivity contribution in [3.63, 3.8) is 0 Å². The molecule has 0 aliphatic heterocycles. The molecule has 1 aromatic carbocycles. The molecule has 0 saturated heterocycles. The molecule has 3 heteroatoms. The number of hydrogen-bond donors (Lipinski definition) is 2. The van der Waals surface area contributed by atoms with Crippen LogP contribution in [0.2, 0.25) is 0 Å². The molecule has 0 aliphatic carbocycles. The summed E-state index contributed by atoms with van der Waals surface area (Å²) in [5, 5.41) is 15.2. The Morgan fingerprint density at radius 2 is 1.24 bits per heavy atom. The van der Waals surface area contributed by atoms with Crippen molar-refractivity contribution in [3.8, 4) is 0 Å². The predicted molar refractivity (Wildman–Crippen MR) is 71.6 cm³/mol. The molecule has 0 atom stereocenters. The number of aliphatic hydroxyl groups is 2. The van der Waals surface area contributed by atoms with Crippen LogP contribution in [0.4, 0.5) is 0 Å².